The van der Waals surface area contributed by atoms with Crippen molar-refractivity contribution in [2.45, 2.75) is 6.10 Å². The molecule has 1 aliphatic rings. The van der Waals surface area contributed by atoms with Crippen molar-refractivity contribution in [1.29, 1.82) is 0 Å². The second kappa shape index (κ2) is 6.89. The van der Waals surface area contributed by atoms with Gasteiger partial charge in [-0.1, -0.05) is 6.07 Å². The molecule has 0 saturated carbocycles. The van der Waals surface area contributed by atoms with E-state index in [1.807, 2.05) is 18.2 Å². The lowest BCUT2D eigenvalue weighted by Crippen LogP contribution is -2.47. The molecule has 0 aliphatic carbocycles. The summed E-state index contributed by atoms with van der Waals surface area (Å²) >= 11 is 0. The average Bonchev–Trinajstić information content (AvgIpc) is 2.62. The Balaban J connectivity index is 1.84. The summed E-state index contributed by atoms with van der Waals surface area (Å²) in [5.41, 5.74) is 2.22. The van der Waals surface area contributed by atoms with E-state index in [1.54, 1.807) is 12.4 Å². The average molecular weight is 349 g/mol. The van der Waals surface area contributed by atoms with Crippen molar-refractivity contribution in [1.82, 2.24) is 23.6 Å². The first kappa shape index (κ1) is 16.9. The van der Waals surface area contributed by atoms with Gasteiger partial charge in [-0.25, -0.2) is 15.0 Å². The topological polar surface area (TPSA) is 88.5 Å². The van der Waals surface area contributed by atoms with Gasteiger partial charge in [0, 0.05) is 45.1 Å². The number of hydrogen-bond donors (Lipinski definition) is 0. The van der Waals surface area contributed by atoms with Gasteiger partial charge in [-0.3, -0.25) is 0 Å². The van der Waals surface area contributed by atoms with Crippen LogP contribution in [0.25, 0.3) is 11.3 Å². The largest absolute Gasteiger partial charge is 0.369 e. The van der Waals surface area contributed by atoms with E-state index in [-0.39, 0.29) is 6.54 Å². The second-order valence-corrected chi connectivity index (χ2v) is 7.72. The van der Waals surface area contributed by atoms with Crippen LogP contribution in [-0.4, -0.2) is 65.8 Å². The standard InChI is InChI=1S/C15H19N5O3S/c1-19(2)24(21,22)20-6-7-23-15(10-20)14-5-3-4-13(18-14)12-8-16-11-17-9-12/h3-5,8-9,11,15H,6-7,10H2,1-2H3/t15-/m0/s1. The van der Waals surface area contributed by atoms with Crippen LogP contribution in [0.5, 0.6) is 0 Å². The lowest BCUT2D eigenvalue weighted by molar-refractivity contribution is -0.00616. The van der Waals surface area contributed by atoms with Crippen molar-refractivity contribution in [3.8, 4) is 11.3 Å². The maximum absolute atomic E-state index is 12.3. The van der Waals surface area contributed by atoms with Crippen molar-refractivity contribution in [3.05, 3.63) is 42.6 Å². The Labute approximate surface area is 141 Å². The highest BCUT2D eigenvalue weighted by molar-refractivity contribution is 7.86. The van der Waals surface area contributed by atoms with Crippen LogP contribution in [0.2, 0.25) is 0 Å². The molecule has 1 aliphatic heterocycles. The molecule has 1 atom stereocenters. The molecule has 24 heavy (non-hydrogen) atoms. The van der Waals surface area contributed by atoms with Gasteiger partial charge in [0.2, 0.25) is 0 Å². The lowest BCUT2D eigenvalue weighted by Gasteiger charge is -2.33. The molecule has 0 bridgehead atoms. The minimum absolute atomic E-state index is 0.238. The van der Waals surface area contributed by atoms with Crippen molar-refractivity contribution in [2.24, 2.45) is 0 Å². The van der Waals surface area contributed by atoms with E-state index < -0.39 is 16.3 Å². The molecular weight excluding hydrogens is 330 g/mol. The SMILES string of the molecule is CN(C)S(=O)(=O)N1CCO[C@H](c2cccc(-c3cncnc3)n2)C1. The number of ether oxygens (including phenoxy) is 1. The van der Waals surface area contributed by atoms with Gasteiger partial charge < -0.3 is 4.74 Å². The number of hydrogen-bond acceptors (Lipinski definition) is 6. The van der Waals surface area contributed by atoms with E-state index in [4.69, 9.17) is 4.74 Å². The van der Waals surface area contributed by atoms with Crippen molar-refractivity contribution >= 4 is 10.2 Å². The highest BCUT2D eigenvalue weighted by atomic mass is 32.2. The Bertz CT molecular complexity index is 798. The molecule has 128 valence electrons. The number of pyridine rings is 1. The summed E-state index contributed by atoms with van der Waals surface area (Å²) in [4.78, 5) is 12.6. The van der Waals surface area contributed by atoms with Crippen molar-refractivity contribution in [2.75, 3.05) is 33.8 Å². The Morgan fingerprint density at radius 2 is 2.00 bits per heavy atom. The quantitative estimate of drug-likeness (QED) is 0.808. The predicted octanol–water partition coefficient (Wildman–Crippen LogP) is 0.718. The van der Waals surface area contributed by atoms with Crippen LogP contribution in [-0.2, 0) is 14.9 Å². The van der Waals surface area contributed by atoms with Crippen LogP contribution in [0.1, 0.15) is 11.8 Å². The van der Waals surface area contributed by atoms with Gasteiger partial charge in [0.1, 0.15) is 12.4 Å². The maximum Gasteiger partial charge on any atom is 0.281 e. The maximum atomic E-state index is 12.3. The van der Waals surface area contributed by atoms with Gasteiger partial charge in [-0.05, 0) is 12.1 Å². The number of morpholine rings is 1. The molecular formula is C15H19N5O3S. The molecule has 0 radical (unpaired) electrons. The van der Waals surface area contributed by atoms with Crippen LogP contribution in [0.4, 0.5) is 0 Å². The Hall–Kier alpha value is -1.94. The monoisotopic (exact) mass is 349 g/mol. The van der Waals surface area contributed by atoms with Crippen molar-refractivity contribution < 1.29 is 13.2 Å². The Morgan fingerprint density at radius 3 is 2.71 bits per heavy atom. The van der Waals surface area contributed by atoms with Gasteiger partial charge in [0.15, 0.2) is 0 Å². The molecule has 9 heteroatoms. The van der Waals surface area contributed by atoms with E-state index in [2.05, 4.69) is 15.0 Å². The van der Waals surface area contributed by atoms with Gasteiger partial charge in [-0.2, -0.15) is 17.0 Å². The summed E-state index contributed by atoms with van der Waals surface area (Å²) in [5, 5.41) is 0. The van der Waals surface area contributed by atoms with Crippen LogP contribution in [0.15, 0.2) is 36.9 Å². The number of nitrogens with zero attached hydrogens (tertiary/aromatic N) is 5. The lowest BCUT2D eigenvalue weighted by atomic mass is 10.1. The molecule has 3 heterocycles. The van der Waals surface area contributed by atoms with Gasteiger partial charge in [-0.15, -0.1) is 0 Å². The third kappa shape index (κ3) is 3.44. The van der Waals surface area contributed by atoms with Crippen LogP contribution >= 0.6 is 0 Å². The molecule has 2 aromatic heterocycles. The summed E-state index contributed by atoms with van der Waals surface area (Å²) in [5.74, 6) is 0. The number of rotatable bonds is 4. The fraction of sp³-hybridized carbons (Fsp3) is 0.400. The molecule has 1 saturated heterocycles. The van der Waals surface area contributed by atoms with E-state index >= 15 is 0 Å². The molecule has 8 nitrogen and oxygen atoms in total. The minimum atomic E-state index is -3.46. The van der Waals surface area contributed by atoms with Gasteiger partial charge in [0.25, 0.3) is 10.2 Å². The third-order valence-electron chi connectivity index (χ3n) is 3.77. The molecule has 2 aromatic rings. The molecule has 0 amide bonds. The van der Waals surface area contributed by atoms with Crippen molar-refractivity contribution in [3.63, 3.8) is 0 Å². The molecule has 1 fully saturated rings. The van der Waals surface area contributed by atoms with Crippen LogP contribution in [0.3, 0.4) is 0 Å². The molecule has 0 N–H and O–H groups in total. The first-order chi connectivity index (χ1) is 11.5. The molecule has 0 aromatic carbocycles. The zero-order valence-electron chi connectivity index (χ0n) is 13.5. The highest BCUT2D eigenvalue weighted by Gasteiger charge is 2.32. The smallest absolute Gasteiger partial charge is 0.281 e. The minimum Gasteiger partial charge on any atom is -0.369 e. The summed E-state index contributed by atoms with van der Waals surface area (Å²) in [6.45, 7) is 0.906. The fourth-order valence-corrected chi connectivity index (χ4v) is 3.56. The highest BCUT2D eigenvalue weighted by Crippen LogP contribution is 2.25. The molecule has 0 unspecified atom stereocenters. The van der Waals surface area contributed by atoms with Crippen LogP contribution in [0, 0.1) is 0 Å². The zero-order valence-corrected chi connectivity index (χ0v) is 14.3. The summed E-state index contributed by atoms with van der Waals surface area (Å²) in [6.07, 6.45) is 4.42. The fourth-order valence-electron chi connectivity index (χ4n) is 2.47. The Kier molecular flexibility index (Phi) is 4.86. The summed E-state index contributed by atoms with van der Waals surface area (Å²) in [7, 11) is -0.420. The zero-order chi connectivity index (χ0) is 17.2. The normalized spacial score (nSPS) is 19.5. The summed E-state index contributed by atoms with van der Waals surface area (Å²) < 4.78 is 33.0. The molecule has 0 spiro atoms. The van der Waals surface area contributed by atoms with Gasteiger partial charge in [0.05, 0.1) is 18.0 Å². The molecule has 3 rings (SSSR count). The van der Waals surface area contributed by atoms with E-state index in [0.717, 1.165) is 11.3 Å². The van der Waals surface area contributed by atoms with E-state index in [0.29, 0.717) is 18.8 Å². The van der Waals surface area contributed by atoms with E-state index in [9.17, 15) is 8.42 Å². The first-order valence-corrected chi connectivity index (χ1v) is 8.90. The van der Waals surface area contributed by atoms with E-state index in [1.165, 1.54) is 29.0 Å². The predicted molar refractivity (Wildman–Crippen MR) is 88.1 cm³/mol. The first-order valence-electron chi connectivity index (χ1n) is 7.50. The second-order valence-electron chi connectivity index (χ2n) is 5.58. The summed E-state index contributed by atoms with van der Waals surface area (Å²) in [6, 6.07) is 5.57. The van der Waals surface area contributed by atoms with Gasteiger partial charge >= 0.3 is 0 Å². The number of aromatic nitrogens is 3. The Morgan fingerprint density at radius 1 is 1.25 bits per heavy atom. The third-order valence-corrected chi connectivity index (χ3v) is 5.68. The van der Waals surface area contributed by atoms with Crippen LogP contribution < -0.4 is 0 Å².